The van der Waals surface area contributed by atoms with Crippen LogP contribution in [0.5, 0.6) is 5.75 Å². The van der Waals surface area contributed by atoms with Crippen molar-refractivity contribution in [3.8, 4) is 22.6 Å². The van der Waals surface area contributed by atoms with Crippen LogP contribution in [0.2, 0.25) is 0 Å². The van der Waals surface area contributed by atoms with Gasteiger partial charge in [-0.15, -0.1) is 0 Å². The van der Waals surface area contributed by atoms with Crippen LogP contribution in [-0.4, -0.2) is 29.0 Å². The number of halogens is 1. The first-order valence-electron chi connectivity index (χ1n) is 10.4. The molecule has 0 radical (unpaired) electrons. The lowest BCUT2D eigenvalue weighted by Gasteiger charge is -2.21. The molecule has 2 aromatic carbocycles. The largest absolute Gasteiger partial charge is 0.508 e. The van der Waals surface area contributed by atoms with Crippen LogP contribution in [0.3, 0.4) is 0 Å². The Kier molecular flexibility index (Phi) is 5.17. The fraction of sp³-hybridized carbons (Fsp3) is 0.0833. The highest BCUT2D eigenvalue weighted by molar-refractivity contribution is 5.84. The van der Waals surface area contributed by atoms with Gasteiger partial charge in [0, 0.05) is 12.3 Å². The zero-order chi connectivity index (χ0) is 23.8. The van der Waals surface area contributed by atoms with E-state index in [2.05, 4.69) is 15.3 Å². The molecule has 1 unspecified atom stereocenters. The molecular weight excluding hydrogens is 437 g/mol. The number of phenols is 1. The minimum Gasteiger partial charge on any atom is -0.508 e. The number of nitrogens with one attached hydrogen (secondary N) is 1. The third-order valence-electron chi connectivity index (χ3n) is 5.39. The van der Waals surface area contributed by atoms with E-state index in [0.717, 1.165) is 6.07 Å². The van der Waals surface area contributed by atoms with Crippen molar-refractivity contribution < 1.29 is 9.50 Å². The Morgan fingerprint density at radius 3 is 2.65 bits per heavy atom. The third-order valence-corrected chi connectivity index (χ3v) is 5.39. The Bertz CT molecular complexity index is 1540. The summed E-state index contributed by atoms with van der Waals surface area (Å²) in [5.41, 5.74) is 7.60. The molecule has 0 spiro atoms. The van der Waals surface area contributed by atoms with Crippen molar-refractivity contribution >= 4 is 17.3 Å². The average Bonchev–Trinajstić information content (AvgIpc) is 3.28. The van der Waals surface area contributed by atoms with E-state index in [1.807, 2.05) is 37.3 Å². The molecule has 3 heterocycles. The SMILES string of the molecule is CC(Nc1ncnc(N)c1-c1cc(O)cc(F)c1)c1nc2cccn2c(=O)n1-c1ccccc1. The highest BCUT2D eigenvalue weighted by atomic mass is 19.1. The molecule has 0 aliphatic heterocycles. The summed E-state index contributed by atoms with van der Waals surface area (Å²) >= 11 is 0. The number of phenolic OH excluding ortho intramolecular Hbond substituents is 1. The van der Waals surface area contributed by atoms with Gasteiger partial charge in [0.15, 0.2) is 0 Å². The second-order valence-electron chi connectivity index (χ2n) is 7.71. The standard InChI is InChI=1S/C24H20FN7O2/c1-14(29-22-20(21(26)27-13-28-22)15-10-16(25)12-18(33)11-15)23-30-19-8-5-9-31(19)24(34)32(23)17-6-3-2-4-7-17/h2-14,33H,1H3,(H3,26,27,28,29). The summed E-state index contributed by atoms with van der Waals surface area (Å²) in [4.78, 5) is 26.3. The molecule has 5 aromatic rings. The zero-order valence-corrected chi connectivity index (χ0v) is 18.1. The van der Waals surface area contributed by atoms with Crippen LogP contribution < -0.4 is 16.7 Å². The van der Waals surface area contributed by atoms with Gasteiger partial charge in [0.25, 0.3) is 0 Å². The molecule has 0 aliphatic rings. The van der Waals surface area contributed by atoms with Crippen molar-refractivity contribution in [3.63, 3.8) is 0 Å². The highest BCUT2D eigenvalue weighted by Gasteiger charge is 2.21. The van der Waals surface area contributed by atoms with Gasteiger partial charge in [0.05, 0.1) is 17.3 Å². The maximum absolute atomic E-state index is 14.0. The minimum atomic E-state index is -0.629. The van der Waals surface area contributed by atoms with Crippen molar-refractivity contribution in [3.05, 3.63) is 95.3 Å². The number of benzene rings is 2. The molecule has 0 saturated carbocycles. The number of hydrogen-bond acceptors (Lipinski definition) is 7. The van der Waals surface area contributed by atoms with Crippen LogP contribution in [0, 0.1) is 5.82 Å². The Balaban J connectivity index is 1.64. The van der Waals surface area contributed by atoms with Gasteiger partial charge in [-0.1, -0.05) is 18.2 Å². The van der Waals surface area contributed by atoms with Gasteiger partial charge < -0.3 is 16.2 Å². The smallest absolute Gasteiger partial charge is 0.339 e. The molecule has 0 aliphatic carbocycles. The predicted molar refractivity (Wildman–Crippen MR) is 126 cm³/mol. The second-order valence-corrected chi connectivity index (χ2v) is 7.71. The Labute approximate surface area is 193 Å². The van der Waals surface area contributed by atoms with E-state index < -0.39 is 11.9 Å². The number of para-hydroxylation sites is 1. The number of aromatic hydroxyl groups is 1. The van der Waals surface area contributed by atoms with E-state index in [4.69, 9.17) is 10.7 Å². The lowest BCUT2D eigenvalue weighted by atomic mass is 10.1. The van der Waals surface area contributed by atoms with E-state index in [1.54, 1.807) is 18.3 Å². The summed E-state index contributed by atoms with van der Waals surface area (Å²) in [5.74, 6) is -0.0436. The first kappa shape index (κ1) is 21.1. The van der Waals surface area contributed by atoms with Gasteiger partial charge in [0.1, 0.15) is 41.0 Å². The van der Waals surface area contributed by atoms with Crippen molar-refractivity contribution in [2.24, 2.45) is 0 Å². The Morgan fingerprint density at radius 2 is 1.88 bits per heavy atom. The molecule has 10 heteroatoms. The summed E-state index contributed by atoms with van der Waals surface area (Å²) in [6.45, 7) is 1.83. The Hall–Kier alpha value is -4.73. The minimum absolute atomic E-state index is 0.102. The summed E-state index contributed by atoms with van der Waals surface area (Å²) in [7, 11) is 0. The molecule has 0 saturated heterocycles. The van der Waals surface area contributed by atoms with Gasteiger partial charge in [-0.25, -0.2) is 28.7 Å². The highest BCUT2D eigenvalue weighted by Crippen LogP contribution is 2.34. The van der Waals surface area contributed by atoms with E-state index in [9.17, 15) is 14.3 Å². The summed E-state index contributed by atoms with van der Waals surface area (Å²) in [6.07, 6.45) is 2.94. The van der Waals surface area contributed by atoms with Gasteiger partial charge >= 0.3 is 5.69 Å². The maximum Gasteiger partial charge on any atom is 0.339 e. The van der Waals surface area contributed by atoms with Crippen molar-refractivity contribution in [2.75, 3.05) is 11.1 Å². The van der Waals surface area contributed by atoms with Gasteiger partial charge in [-0.3, -0.25) is 4.40 Å². The lowest BCUT2D eigenvalue weighted by molar-refractivity contribution is 0.469. The summed E-state index contributed by atoms with van der Waals surface area (Å²) < 4.78 is 17.0. The van der Waals surface area contributed by atoms with Crippen molar-refractivity contribution in [1.29, 1.82) is 0 Å². The normalized spacial score (nSPS) is 12.1. The zero-order valence-electron chi connectivity index (χ0n) is 18.1. The summed E-state index contributed by atoms with van der Waals surface area (Å²) in [6, 6.07) is 15.7. The van der Waals surface area contributed by atoms with Crippen LogP contribution in [0.15, 0.2) is 78.0 Å². The van der Waals surface area contributed by atoms with E-state index in [-0.39, 0.29) is 17.3 Å². The molecule has 170 valence electrons. The molecule has 34 heavy (non-hydrogen) atoms. The van der Waals surface area contributed by atoms with E-state index >= 15 is 0 Å². The van der Waals surface area contributed by atoms with Crippen LogP contribution in [0.4, 0.5) is 16.0 Å². The van der Waals surface area contributed by atoms with Crippen LogP contribution in [0.1, 0.15) is 18.8 Å². The van der Waals surface area contributed by atoms with E-state index in [0.29, 0.717) is 34.1 Å². The van der Waals surface area contributed by atoms with Crippen LogP contribution >= 0.6 is 0 Å². The summed E-state index contributed by atoms with van der Waals surface area (Å²) in [5, 5.41) is 13.1. The molecule has 3 aromatic heterocycles. The number of anilines is 2. The number of hydrogen-bond donors (Lipinski definition) is 3. The number of nitrogen functional groups attached to an aromatic ring is 1. The van der Waals surface area contributed by atoms with Crippen molar-refractivity contribution in [2.45, 2.75) is 13.0 Å². The molecule has 0 bridgehead atoms. The lowest BCUT2D eigenvalue weighted by Crippen LogP contribution is -2.31. The maximum atomic E-state index is 14.0. The first-order chi connectivity index (χ1) is 16.4. The third kappa shape index (κ3) is 3.71. The van der Waals surface area contributed by atoms with Crippen LogP contribution in [0.25, 0.3) is 22.5 Å². The topological polar surface area (TPSA) is 123 Å². The predicted octanol–water partition coefficient (Wildman–Crippen LogP) is 3.54. The van der Waals surface area contributed by atoms with Gasteiger partial charge in [-0.2, -0.15) is 0 Å². The number of nitrogens with zero attached hydrogens (tertiary/aromatic N) is 5. The Morgan fingerprint density at radius 1 is 1.09 bits per heavy atom. The molecule has 4 N–H and O–H groups in total. The van der Waals surface area contributed by atoms with Gasteiger partial charge in [0.2, 0.25) is 0 Å². The number of aromatic nitrogens is 5. The van der Waals surface area contributed by atoms with Gasteiger partial charge in [-0.05, 0) is 48.9 Å². The monoisotopic (exact) mass is 457 g/mol. The second kappa shape index (κ2) is 8.32. The van der Waals surface area contributed by atoms with Crippen LogP contribution in [-0.2, 0) is 0 Å². The molecular formula is C24H20FN7O2. The molecule has 5 rings (SSSR count). The number of rotatable bonds is 5. The fourth-order valence-electron chi connectivity index (χ4n) is 3.89. The number of fused-ring (bicyclic) bond motifs is 1. The molecule has 0 amide bonds. The first-order valence-corrected chi connectivity index (χ1v) is 10.4. The quantitative estimate of drug-likeness (QED) is 0.369. The fourth-order valence-corrected chi connectivity index (χ4v) is 3.89. The van der Waals surface area contributed by atoms with Crippen molar-refractivity contribution in [1.82, 2.24) is 23.9 Å². The molecule has 0 fully saturated rings. The average molecular weight is 457 g/mol. The molecule has 9 nitrogen and oxygen atoms in total. The molecule has 1 atom stereocenters. The van der Waals surface area contributed by atoms with E-state index in [1.165, 1.54) is 27.4 Å². The number of nitrogens with two attached hydrogens (primary N) is 1.